The number of nitrogens with zero attached hydrogens (tertiary/aromatic N) is 2. The fourth-order valence-electron chi connectivity index (χ4n) is 2.21. The molecular formula is C18H14ClN3O3S2. The molecule has 0 bridgehead atoms. The van der Waals surface area contributed by atoms with E-state index in [1.807, 2.05) is 48.5 Å². The van der Waals surface area contributed by atoms with Gasteiger partial charge in [0.05, 0.1) is 17.7 Å². The molecule has 1 aliphatic rings. The molecule has 2 N–H and O–H groups in total. The van der Waals surface area contributed by atoms with E-state index in [0.29, 0.717) is 10.2 Å². The third kappa shape index (κ3) is 5.35. The number of aliphatic carboxylic acids is 1. The van der Waals surface area contributed by atoms with Gasteiger partial charge in [-0.05, 0) is 18.2 Å². The van der Waals surface area contributed by atoms with Crippen molar-refractivity contribution in [3.05, 3.63) is 59.1 Å². The number of amidine groups is 1. The summed E-state index contributed by atoms with van der Waals surface area (Å²) in [5.74, 6) is -1.40. The third-order valence-corrected chi connectivity index (χ3v) is 6.14. The van der Waals surface area contributed by atoms with Crippen LogP contribution < -0.4 is 5.32 Å². The van der Waals surface area contributed by atoms with Crippen molar-refractivity contribution in [3.8, 4) is 0 Å². The molecule has 1 heterocycles. The van der Waals surface area contributed by atoms with Crippen molar-refractivity contribution >= 4 is 58.4 Å². The van der Waals surface area contributed by atoms with Crippen molar-refractivity contribution in [2.24, 2.45) is 10.2 Å². The fraction of sp³-hybridized carbons (Fsp3) is 0.111. The zero-order valence-electron chi connectivity index (χ0n) is 13.8. The Morgan fingerprint density at radius 1 is 1.22 bits per heavy atom. The predicted molar refractivity (Wildman–Crippen MR) is 109 cm³/mol. The van der Waals surface area contributed by atoms with Crippen molar-refractivity contribution < 1.29 is 14.7 Å². The van der Waals surface area contributed by atoms with Gasteiger partial charge in [0.2, 0.25) is 5.91 Å². The number of rotatable bonds is 6. The van der Waals surface area contributed by atoms with Gasteiger partial charge >= 0.3 is 5.97 Å². The van der Waals surface area contributed by atoms with Crippen molar-refractivity contribution in [3.63, 3.8) is 0 Å². The molecule has 9 heteroatoms. The van der Waals surface area contributed by atoms with Crippen LogP contribution in [0.4, 0.5) is 0 Å². The highest BCUT2D eigenvalue weighted by atomic mass is 35.5. The Morgan fingerprint density at radius 2 is 1.93 bits per heavy atom. The summed E-state index contributed by atoms with van der Waals surface area (Å²) >= 11 is 8.80. The van der Waals surface area contributed by atoms with E-state index in [2.05, 4.69) is 15.5 Å². The molecule has 1 atom stereocenters. The van der Waals surface area contributed by atoms with Gasteiger partial charge in [-0.1, -0.05) is 65.5 Å². The van der Waals surface area contributed by atoms with Crippen LogP contribution in [0.25, 0.3) is 0 Å². The van der Waals surface area contributed by atoms with E-state index < -0.39 is 11.2 Å². The number of carbonyl (C=O) groups excluding carboxylic acids is 1. The Bertz CT molecular complexity index is 934. The van der Waals surface area contributed by atoms with Crippen LogP contribution in [0.1, 0.15) is 12.0 Å². The number of carboxylic acid groups (broad SMARTS) is 1. The Hall–Kier alpha value is -2.29. The minimum absolute atomic E-state index is 0.253. The van der Waals surface area contributed by atoms with Gasteiger partial charge in [-0.15, -0.1) is 5.10 Å². The molecule has 1 unspecified atom stereocenters. The van der Waals surface area contributed by atoms with Crippen molar-refractivity contribution in [1.82, 2.24) is 5.32 Å². The van der Waals surface area contributed by atoms with Crippen molar-refractivity contribution in [2.45, 2.75) is 21.5 Å². The molecule has 2 aromatic rings. The summed E-state index contributed by atoms with van der Waals surface area (Å²) < 4.78 is 0. The van der Waals surface area contributed by atoms with Crippen LogP contribution >= 0.6 is 35.1 Å². The summed E-state index contributed by atoms with van der Waals surface area (Å²) in [5, 5.41) is 19.6. The third-order valence-electron chi connectivity index (χ3n) is 3.46. The smallest absolute Gasteiger partial charge is 0.305 e. The molecule has 1 aliphatic heterocycles. The largest absolute Gasteiger partial charge is 0.481 e. The molecule has 1 saturated heterocycles. The maximum Gasteiger partial charge on any atom is 0.305 e. The Morgan fingerprint density at radius 3 is 2.67 bits per heavy atom. The summed E-state index contributed by atoms with van der Waals surface area (Å²) in [5.41, 5.74) is 0.850. The van der Waals surface area contributed by atoms with Gasteiger partial charge in [0.15, 0.2) is 5.17 Å². The zero-order chi connectivity index (χ0) is 19.2. The van der Waals surface area contributed by atoms with E-state index in [1.165, 1.54) is 11.8 Å². The molecule has 2 aromatic carbocycles. The molecule has 0 aliphatic carbocycles. The number of amides is 1. The number of nitrogens with one attached hydrogen (secondary N) is 1. The van der Waals surface area contributed by atoms with Gasteiger partial charge in [-0.3, -0.25) is 9.59 Å². The van der Waals surface area contributed by atoms with E-state index in [9.17, 15) is 9.59 Å². The summed E-state index contributed by atoms with van der Waals surface area (Å²) in [7, 11) is 0. The van der Waals surface area contributed by atoms with E-state index in [-0.39, 0.29) is 12.3 Å². The summed E-state index contributed by atoms with van der Waals surface area (Å²) in [6, 6.07) is 15.2. The van der Waals surface area contributed by atoms with Crippen LogP contribution in [0.3, 0.4) is 0 Å². The second-order valence-electron chi connectivity index (χ2n) is 5.41. The topological polar surface area (TPSA) is 91.1 Å². The normalized spacial score (nSPS) is 18.2. The molecule has 6 nitrogen and oxygen atoms in total. The van der Waals surface area contributed by atoms with Crippen LogP contribution in [-0.4, -0.2) is 33.6 Å². The number of hydrogen-bond donors (Lipinski definition) is 2. The second kappa shape index (κ2) is 9.07. The van der Waals surface area contributed by atoms with Crippen LogP contribution in [0, 0.1) is 0 Å². The van der Waals surface area contributed by atoms with Gasteiger partial charge in [0.1, 0.15) is 5.25 Å². The van der Waals surface area contributed by atoms with Crippen LogP contribution in [0.2, 0.25) is 5.02 Å². The predicted octanol–water partition coefficient (Wildman–Crippen LogP) is 3.89. The lowest BCUT2D eigenvalue weighted by atomic mass is 10.2. The summed E-state index contributed by atoms with van der Waals surface area (Å²) in [6.45, 7) is 0. The van der Waals surface area contributed by atoms with Gasteiger partial charge in [-0.25, -0.2) is 0 Å². The number of carbonyl (C=O) groups is 2. The highest BCUT2D eigenvalue weighted by Crippen LogP contribution is 2.34. The van der Waals surface area contributed by atoms with Crippen LogP contribution in [-0.2, 0) is 9.59 Å². The molecule has 0 radical (unpaired) electrons. The minimum Gasteiger partial charge on any atom is -0.481 e. The SMILES string of the molecule is O=C(O)CC1SC(=NN=Cc2ccccc2Sc2ccccc2Cl)NC1=O. The monoisotopic (exact) mass is 419 g/mol. The molecule has 27 heavy (non-hydrogen) atoms. The molecule has 1 amide bonds. The Balaban J connectivity index is 1.72. The van der Waals surface area contributed by atoms with E-state index in [0.717, 1.165) is 27.1 Å². The number of halogens is 1. The summed E-state index contributed by atoms with van der Waals surface area (Å²) in [6.07, 6.45) is 1.33. The molecule has 138 valence electrons. The van der Waals surface area contributed by atoms with Gasteiger partial charge in [-0.2, -0.15) is 5.10 Å². The van der Waals surface area contributed by atoms with Gasteiger partial charge in [0.25, 0.3) is 0 Å². The lowest BCUT2D eigenvalue weighted by molar-refractivity contribution is -0.138. The number of hydrogen-bond acceptors (Lipinski definition) is 6. The first-order valence-corrected chi connectivity index (χ1v) is 9.92. The van der Waals surface area contributed by atoms with Crippen molar-refractivity contribution in [2.75, 3.05) is 0 Å². The highest BCUT2D eigenvalue weighted by molar-refractivity contribution is 8.15. The average molecular weight is 420 g/mol. The molecule has 0 aromatic heterocycles. The van der Waals surface area contributed by atoms with Crippen LogP contribution in [0.5, 0.6) is 0 Å². The van der Waals surface area contributed by atoms with Crippen LogP contribution in [0.15, 0.2) is 68.5 Å². The fourth-order valence-corrected chi connectivity index (χ4v) is 4.32. The zero-order valence-corrected chi connectivity index (χ0v) is 16.2. The maximum absolute atomic E-state index is 11.7. The number of benzene rings is 2. The number of thioether (sulfide) groups is 1. The van der Waals surface area contributed by atoms with E-state index in [1.54, 1.807) is 6.21 Å². The second-order valence-corrected chi connectivity index (χ2v) is 8.10. The lowest BCUT2D eigenvalue weighted by Crippen LogP contribution is -2.26. The van der Waals surface area contributed by atoms with E-state index in [4.69, 9.17) is 16.7 Å². The molecule has 1 fully saturated rings. The standard InChI is InChI=1S/C18H14ClN3O3S2/c19-12-6-2-4-8-14(12)26-13-7-3-1-5-11(13)10-20-22-18-21-17(25)15(27-18)9-16(23)24/h1-8,10,15H,9H2,(H,23,24)(H,21,22,25). The summed E-state index contributed by atoms with van der Waals surface area (Å²) in [4.78, 5) is 24.3. The number of carboxylic acids is 1. The molecular weight excluding hydrogens is 406 g/mol. The first-order valence-electron chi connectivity index (χ1n) is 7.84. The molecule has 3 rings (SSSR count). The average Bonchev–Trinajstić information content (AvgIpc) is 2.97. The molecule has 0 spiro atoms. The maximum atomic E-state index is 11.7. The minimum atomic E-state index is -1.03. The Kier molecular flexibility index (Phi) is 6.54. The highest BCUT2D eigenvalue weighted by Gasteiger charge is 2.32. The first-order chi connectivity index (χ1) is 13.0. The Labute approximate surface area is 169 Å². The lowest BCUT2D eigenvalue weighted by Gasteiger charge is -2.06. The first kappa shape index (κ1) is 19.5. The quantitative estimate of drug-likeness (QED) is 0.547. The van der Waals surface area contributed by atoms with Gasteiger partial charge in [0, 0.05) is 15.4 Å². The van der Waals surface area contributed by atoms with Gasteiger partial charge < -0.3 is 10.4 Å². The molecule has 0 saturated carbocycles. The van der Waals surface area contributed by atoms with E-state index >= 15 is 0 Å². The van der Waals surface area contributed by atoms with Crippen molar-refractivity contribution in [1.29, 1.82) is 0 Å².